The fourth-order valence-corrected chi connectivity index (χ4v) is 5.96. The summed E-state index contributed by atoms with van der Waals surface area (Å²) in [6.07, 6.45) is 2.78. The highest BCUT2D eigenvalue weighted by Crippen LogP contribution is 2.42. The van der Waals surface area contributed by atoms with Crippen LogP contribution in [0.25, 0.3) is 28.0 Å². The van der Waals surface area contributed by atoms with Crippen molar-refractivity contribution in [1.29, 1.82) is 5.26 Å². The second-order valence-electron chi connectivity index (χ2n) is 10.7. The van der Waals surface area contributed by atoms with E-state index in [9.17, 15) is 23.6 Å². The molecule has 0 spiro atoms. The van der Waals surface area contributed by atoms with Crippen molar-refractivity contribution in [2.75, 3.05) is 36.8 Å². The minimum atomic E-state index is -1.69. The number of carbonyl (C=O) groups is 1. The molecule has 0 unspecified atom stereocenters. The lowest BCUT2D eigenvalue weighted by Gasteiger charge is -2.36. The minimum absolute atomic E-state index is 0.0921. The van der Waals surface area contributed by atoms with Crippen LogP contribution in [0, 0.1) is 35.7 Å². The molecule has 1 aromatic carbocycles. The molecule has 0 aliphatic carbocycles. The Bertz CT molecular complexity index is 1990. The maximum atomic E-state index is 15.4. The third kappa shape index (κ3) is 5.15. The van der Waals surface area contributed by atoms with Gasteiger partial charge in [-0.15, -0.1) is 0 Å². The molecule has 0 atom stereocenters. The number of anilines is 2. The van der Waals surface area contributed by atoms with Crippen LogP contribution in [0.4, 0.5) is 24.5 Å². The van der Waals surface area contributed by atoms with Crippen LogP contribution in [-0.2, 0) is 4.79 Å². The zero-order chi connectivity index (χ0) is 32.9. The molecule has 2 N–H and O–H groups in total. The number of hydrogen-bond acceptors (Lipinski definition) is 7. The number of rotatable bonds is 5. The molecule has 232 valence electrons. The number of halogens is 5. The lowest BCUT2D eigenvalue weighted by molar-refractivity contribution is -0.126. The van der Waals surface area contributed by atoms with E-state index in [2.05, 4.69) is 16.5 Å². The summed E-state index contributed by atoms with van der Waals surface area (Å²) < 4.78 is 46.0. The van der Waals surface area contributed by atoms with E-state index in [1.165, 1.54) is 16.7 Å². The molecule has 3 aromatic heterocycles. The molecular formula is C31H26Cl2F3N7O2. The molecule has 1 aliphatic heterocycles. The molecule has 4 aromatic rings. The number of pyridine rings is 3. The van der Waals surface area contributed by atoms with Crippen molar-refractivity contribution in [3.05, 3.63) is 85.7 Å². The number of piperazine rings is 1. The van der Waals surface area contributed by atoms with E-state index in [4.69, 9.17) is 28.9 Å². The van der Waals surface area contributed by atoms with Crippen LogP contribution in [-0.4, -0.2) is 51.5 Å². The molecule has 14 heteroatoms. The first-order chi connectivity index (χ1) is 21.3. The Kier molecular flexibility index (Phi) is 8.53. The second-order valence-corrected chi connectivity index (χ2v) is 11.5. The standard InChI is InChI=1S/C31H26Cl2F3N7O2/c1-5-19(44)41-8-10-42(11-9-41)29-16-12-18(32)27(20-22(34)23(35)21(33)24(36)25(20)38)40-30(16)43(31(45)17(29)13-37)28-15(4)6-7-39-26(28)14(2)3/h5-7,12,14H,1,8-11,38H2,2-4H3. The molecule has 4 heterocycles. The van der Waals surface area contributed by atoms with Crippen LogP contribution in [0.5, 0.6) is 0 Å². The number of nitrogen functional groups attached to an aromatic ring is 1. The van der Waals surface area contributed by atoms with Crippen LogP contribution >= 0.6 is 23.2 Å². The lowest BCUT2D eigenvalue weighted by atomic mass is 10.0. The molecular weight excluding hydrogens is 630 g/mol. The molecule has 5 rings (SSSR count). The third-order valence-electron chi connectivity index (χ3n) is 7.74. The van der Waals surface area contributed by atoms with Gasteiger partial charge in [-0.05, 0) is 36.6 Å². The van der Waals surface area contributed by atoms with Gasteiger partial charge in [-0.3, -0.25) is 19.1 Å². The summed E-state index contributed by atoms with van der Waals surface area (Å²) in [5.74, 6) is -5.13. The average molecular weight is 656 g/mol. The average Bonchev–Trinajstić information content (AvgIpc) is 3.02. The van der Waals surface area contributed by atoms with Crippen LogP contribution in [0.1, 0.15) is 36.6 Å². The molecule has 9 nitrogen and oxygen atoms in total. The van der Waals surface area contributed by atoms with Gasteiger partial charge in [-0.1, -0.05) is 43.6 Å². The summed E-state index contributed by atoms with van der Waals surface area (Å²) in [7, 11) is 0. The zero-order valence-electron chi connectivity index (χ0n) is 24.4. The van der Waals surface area contributed by atoms with Crippen molar-refractivity contribution in [1.82, 2.24) is 19.4 Å². The Morgan fingerprint density at radius 1 is 1.13 bits per heavy atom. The Labute approximate surface area is 265 Å². The number of carbonyl (C=O) groups excluding carboxylic acids is 1. The number of benzene rings is 1. The predicted molar refractivity (Wildman–Crippen MR) is 167 cm³/mol. The highest BCUT2D eigenvalue weighted by molar-refractivity contribution is 6.34. The van der Waals surface area contributed by atoms with Gasteiger partial charge in [0.25, 0.3) is 5.56 Å². The zero-order valence-corrected chi connectivity index (χ0v) is 25.9. The molecule has 1 amide bonds. The van der Waals surface area contributed by atoms with E-state index in [1.54, 1.807) is 29.0 Å². The maximum Gasteiger partial charge on any atom is 0.276 e. The number of nitriles is 1. The summed E-state index contributed by atoms with van der Waals surface area (Å²) in [4.78, 5) is 38.9. The van der Waals surface area contributed by atoms with Gasteiger partial charge >= 0.3 is 0 Å². The van der Waals surface area contributed by atoms with Gasteiger partial charge in [0.1, 0.15) is 22.3 Å². The third-order valence-corrected chi connectivity index (χ3v) is 8.36. The van der Waals surface area contributed by atoms with Crippen LogP contribution in [0.2, 0.25) is 10.0 Å². The van der Waals surface area contributed by atoms with Crippen molar-refractivity contribution in [2.45, 2.75) is 26.7 Å². The van der Waals surface area contributed by atoms with E-state index in [0.717, 1.165) is 0 Å². The predicted octanol–water partition coefficient (Wildman–Crippen LogP) is 5.89. The lowest BCUT2D eigenvalue weighted by Crippen LogP contribution is -2.49. The van der Waals surface area contributed by atoms with Gasteiger partial charge in [-0.25, -0.2) is 18.2 Å². The normalized spacial score (nSPS) is 13.4. The maximum absolute atomic E-state index is 15.4. The largest absolute Gasteiger partial charge is 0.396 e. The second kappa shape index (κ2) is 12.1. The summed E-state index contributed by atoms with van der Waals surface area (Å²) in [6, 6.07) is 5.04. The van der Waals surface area contributed by atoms with E-state index in [1.807, 2.05) is 19.9 Å². The number of hydrogen-bond donors (Lipinski definition) is 1. The van der Waals surface area contributed by atoms with E-state index in [0.29, 0.717) is 16.9 Å². The van der Waals surface area contributed by atoms with Crippen LogP contribution in [0.15, 0.2) is 35.8 Å². The quantitative estimate of drug-likeness (QED) is 0.123. The van der Waals surface area contributed by atoms with Crippen molar-refractivity contribution in [3.8, 4) is 23.0 Å². The van der Waals surface area contributed by atoms with Crippen molar-refractivity contribution in [3.63, 3.8) is 0 Å². The van der Waals surface area contributed by atoms with Crippen LogP contribution < -0.4 is 16.2 Å². The molecule has 1 aliphatic rings. The first-order valence-electron chi connectivity index (χ1n) is 13.8. The number of nitrogens with zero attached hydrogens (tertiary/aromatic N) is 6. The summed E-state index contributed by atoms with van der Waals surface area (Å²) in [6.45, 7) is 10.0. The highest BCUT2D eigenvalue weighted by Gasteiger charge is 2.31. The van der Waals surface area contributed by atoms with E-state index in [-0.39, 0.29) is 65.3 Å². The number of amides is 1. The number of aromatic nitrogens is 3. The fourth-order valence-electron chi connectivity index (χ4n) is 5.52. The first kappa shape index (κ1) is 31.8. The Balaban J connectivity index is 1.93. The van der Waals surface area contributed by atoms with Gasteiger partial charge in [0.15, 0.2) is 17.5 Å². The molecule has 1 fully saturated rings. The minimum Gasteiger partial charge on any atom is -0.396 e. The number of fused-ring (bicyclic) bond motifs is 1. The summed E-state index contributed by atoms with van der Waals surface area (Å²) in [5.41, 5.74) is 4.35. The molecule has 45 heavy (non-hydrogen) atoms. The van der Waals surface area contributed by atoms with Gasteiger partial charge < -0.3 is 15.5 Å². The smallest absolute Gasteiger partial charge is 0.276 e. The fraction of sp³-hybridized carbons (Fsp3) is 0.258. The van der Waals surface area contributed by atoms with Crippen LogP contribution in [0.3, 0.4) is 0 Å². The van der Waals surface area contributed by atoms with E-state index >= 15 is 4.39 Å². The Morgan fingerprint density at radius 2 is 1.80 bits per heavy atom. The van der Waals surface area contributed by atoms with E-state index < -0.39 is 45.0 Å². The monoisotopic (exact) mass is 655 g/mol. The Morgan fingerprint density at radius 3 is 2.40 bits per heavy atom. The van der Waals surface area contributed by atoms with Gasteiger partial charge in [0.2, 0.25) is 5.91 Å². The molecule has 0 radical (unpaired) electrons. The van der Waals surface area contributed by atoms with Gasteiger partial charge in [0.05, 0.1) is 39.0 Å². The molecule has 0 saturated carbocycles. The van der Waals surface area contributed by atoms with Gasteiger partial charge in [0, 0.05) is 37.8 Å². The topological polar surface area (TPSA) is 121 Å². The summed E-state index contributed by atoms with van der Waals surface area (Å²) >= 11 is 12.2. The van der Waals surface area contributed by atoms with Crippen molar-refractivity contribution in [2.24, 2.45) is 0 Å². The van der Waals surface area contributed by atoms with Crippen molar-refractivity contribution >= 4 is 51.5 Å². The Hall–Kier alpha value is -4.60. The number of nitrogens with two attached hydrogens (primary N) is 1. The molecule has 0 bridgehead atoms. The highest BCUT2D eigenvalue weighted by atomic mass is 35.5. The SMILES string of the molecule is C=CC(=O)N1CCN(c2c(C#N)c(=O)n(-c3c(C)ccnc3C(C)C)c3nc(-c4c(N)c(F)c(Cl)c(F)c4F)c(Cl)cc23)CC1. The molecule has 1 saturated heterocycles. The number of aryl methyl sites for hydroxylation is 1. The summed E-state index contributed by atoms with van der Waals surface area (Å²) in [5, 5.41) is 9.17. The first-order valence-corrected chi connectivity index (χ1v) is 14.5. The van der Waals surface area contributed by atoms with Crippen molar-refractivity contribution < 1.29 is 18.0 Å². The van der Waals surface area contributed by atoms with Gasteiger partial charge in [-0.2, -0.15) is 5.26 Å².